The number of hydrogen-bond acceptors (Lipinski definition) is 3. The third-order valence-electron chi connectivity index (χ3n) is 2.55. The molecule has 1 unspecified atom stereocenters. The van der Waals surface area contributed by atoms with Crippen molar-refractivity contribution in [2.24, 2.45) is 0 Å². The van der Waals surface area contributed by atoms with Gasteiger partial charge in [-0.25, -0.2) is 0 Å². The maximum Gasteiger partial charge on any atom is 0.234 e. The van der Waals surface area contributed by atoms with Crippen molar-refractivity contribution in [3.8, 4) is 0 Å². The molecule has 1 amide bonds. The summed E-state index contributed by atoms with van der Waals surface area (Å²) in [6.45, 7) is 2.37. The van der Waals surface area contributed by atoms with Gasteiger partial charge in [-0.2, -0.15) is 0 Å². The summed E-state index contributed by atoms with van der Waals surface area (Å²) in [5.74, 6) is 0.0767. The lowest BCUT2D eigenvalue weighted by molar-refractivity contribution is -0.120. The lowest BCUT2D eigenvalue weighted by Crippen LogP contribution is -2.36. The van der Waals surface area contributed by atoms with Gasteiger partial charge in [-0.15, -0.1) is 0 Å². The molecule has 1 heterocycles. The molecule has 4 heteroatoms. The molecule has 0 aromatic carbocycles. The number of carbonyl (C=O) groups excluding carboxylic acids is 1. The van der Waals surface area contributed by atoms with Crippen LogP contribution in [0.4, 0.5) is 0 Å². The Kier molecular flexibility index (Phi) is 3.06. The van der Waals surface area contributed by atoms with Gasteiger partial charge in [-0.1, -0.05) is 0 Å². The van der Waals surface area contributed by atoms with Crippen LogP contribution in [-0.4, -0.2) is 18.5 Å². The standard InChI is InChI=1S/C11H16N2O2/c1-8(9-4-5-15-7-9)12-6-11(14)13-10-2-3-10/h4-5,7-8,10,12H,2-3,6H2,1H3,(H,13,14). The van der Waals surface area contributed by atoms with E-state index in [4.69, 9.17) is 4.42 Å². The van der Waals surface area contributed by atoms with Crippen molar-refractivity contribution in [3.63, 3.8) is 0 Å². The van der Waals surface area contributed by atoms with Crippen LogP contribution in [0.5, 0.6) is 0 Å². The zero-order valence-electron chi connectivity index (χ0n) is 8.82. The molecule has 1 atom stereocenters. The second-order valence-corrected chi connectivity index (χ2v) is 4.00. The summed E-state index contributed by atoms with van der Waals surface area (Å²) in [5.41, 5.74) is 1.06. The first-order chi connectivity index (χ1) is 7.25. The molecular formula is C11H16N2O2. The fourth-order valence-electron chi connectivity index (χ4n) is 1.39. The summed E-state index contributed by atoms with van der Waals surface area (Å²) in [7, 11) is 0. The molecule has 82 valence electrons. The number of rotatable bonds is 5. The van der Waals surface area contributed by atoms with E-state index in [1.807, 2.05) is 13.0 Å². The van der Waals surface area contributed by atoms with E-state index in [2.05, 4.69) is 10.6 Å². The molecule has 2 rings (SSSR count). The normalized spacial score (nSPS) is 17.4. The number of furan rings is 1. The molecular weight excluding hydrogens is 192 g/mol. The van der Waals surface area contributed by atoms with Gasteiger partial charge < -0.3 is 15.1 Å². The van der Waals surface area contributed by atoms with Gasteiger partial charge in [0.2, 0.25) is 5.91 Å². The van der Waals surface area contributed by atoms with Gasteiger partial charge in [0.25, 0.3) is 0 Å². The first kappa shape index (κ1) is 10.2. The van der Waals surface area contributed by atoms with Crippen LogP contribution in [0.2, 0.25) is 0 Å². The fraction of sp³-hybridized carbons (Fsp3) is 0.545. The molecule has 1 aliphatic rings. The summed E-state index contributed by atoms with van der Waals surface area (Å²) in [4.78, 5) is 11.4. The summed E-state index contributed by atoms with van der Waals surface area (Å²) in [6, 6.07) is 2.48. The predicted molar refractivity (Wildman–Crippen MR) is 56.3 cm³/mol. The minimum atomic E-state index is 0.0767. The van der Waals surface area contributed by atoms with Crippen LogP contribution in [0.15, 0.2) is 23.0 Å². The molecule has 1 saturated carbocycles. The Bertz CT molecular complexity index is 317. The molecule has 1 aliphatic carbocycles. The maximum atomic E-state index is 11.4. The molecule has 0 bridgehead atoms. The van der Waals surface area contributed by atoms with Crippen LogP contribution in [0.3, 0.4) is 0 Å². The first-order valence-corrected chi connectivity index (χ1v) is 5.30. The highest BCUT2D eigenvalue weighted by Gasteiger charge is 2.23. The van der Waals surface area contributed by atoms with E-state index >= 15 is 0 Å². The van der Waals surface area contributed by atoms with Crippen molar-refractivity contribution >= 4 is 5.91 Å². The average Bonchev–Trinajstić information content (AvgIpc) is 2.86. The average molecular weight is 208 g/mol. The van der Waals surface area contributed by atoms with Crippen LogP contribution in [-0.2, 0) is 4.79 Å². The van der Waals surface area contributed by atoms with Gasteiger partial charge in [-0.3, -0.25) is 4.79 Å². The van der Waals surface area contributed by atoms with Gasteiger partial charge in [0.1, 0.15) is 0 Å². The van der Waals surface area contributed by atoms with Crippen LogP contribution in [0, 0.1) is 0 Å². The van der Waals surface area contributed by atoms with E-state index in [1.54, 1.807) is 12.5 Å². The fourth-order valence-corrected chi connectivity index (χ4v) is 1.39. The molecule has 2 N–H and O–H groups in total. The van der Waals surface area contributed by atoms with Crippen molar-refractivity contribution in [3.05, 3.63) is 24.2 Å². The maximum absolute atomic E-state index is 11.4. The van der Waals surface area contributed by atoms with Crippen molar-refractivity contribution in [2.75, 3.05) is 6.54 Å². The Morgan fingerprint density at radius 3 is 3.07 bits per heavy atom. The van der Waals surface area contributed by atoms with E-state index in [1.165, 1.54) is 0 Å². The molecule has 1 aromatic rings. The molecule has 0 radical (unpaired) electrons. The van der Waals surface area contributed by atoms with Crippen molar-refractivity contribution in [1.82, 2.24) is 10.6 Å². The topological polar surface area (TPSA) is 54.3 Å². The number of nitrogens with one attached hydrogen (secondary N) is 2. The second kappa shape index (κ2) is 4.49. The molecule has 1 aromatic heterocycles. The highest BCUT2D eigenvalue weighted by molar-refractivity contribution is 5.78. The SMILES string of the molecule is CC(NCC(=O)NC1CC1)c1ccoc1. The third kappa shape index (κ3) is 3.09. The predicted octanol–water partition coefficient (Wildman–Crippen LogP) is 1.21. The van der Waals surface area contributed by atoms with E-state index < -0.39 is 0 Å². The number of hydrogen-bond donors (Lipinski definition) is 2. The lowest BCUT2D eigenvalue weighted by Gasteiger charge is -2.11. The molecule has 15 heavy (non-hydrogen) atoms. The first-order valence-electron chi connectivity index (χ1n) is 5.30. The van der Waals surface area contributed by atoms with Crippen LogP contribution in [0.25, 0.3) is 0 Å². The van der Waals surface area contributed by atoms with E-state index in [0.29, 0.717) is 12.6 Å². The van der Waals surface area contributed by atoms with Crippen molar-refractivity contribution in [2.45, 2.75) is 31.8 Å². The minimum Gasteiger partial charge on any atom is -0.472 e. The largest absolute Gasteiger partial charge is 0.472 e. The monoisotopic (exact) mass is 208 g/mol. The highest BCUT2D eigenvalue weighted by atomic mass is 16.3. The number of carbonyl (C=O) groups is 1. The minimum absolute atomic E-state index is 0.0767. The zero-order valence-corrected chi connectivity index (χ0v) is 8.82. The summed E-state index contributed by atoms with van der Waals surface area (Å²) in [5, 5.41) is 6.08. The van der Waals surface area contributed by atoms with Crippen LogP contribution < -0.4 is 10.6 Å². The molecule has 1 fully saturated rings. The quantitative estimate of drug-likeness (QED) is 0.764. The van der Waals surface area contributed by atoms with Gasteiger partial charge in [-0.05, 0) is 25.8 Å². The van der Waals surface area contributed by atoms with Gasteiger partial charge in [0, 0.05) is 17.6 Å². The Morgan fingerprint density at radius 2 is 2.47 bits per heavy atom. The highest BCUT2D eigenvalue weighted by Crippen LogP contribution is 2.18. The summed E-state index contributed by atoms with van der Waals surface area (Å²) >= 11 is 0. The smallest absolute Gasteiger partial charge is 0.234 e. The van der Waals surface area contributed by atoms with E-state index in [9.17, 15) is 4.79 Å². The summed E-state index contributed by atoms with van der Waals surface area (Å²) in [6.07, 6.45) is 5.58. The van der Waals surface area contributed by atoms with Gasteiger partial charge >= 0.3 is 0 Å². The molecule has 0 aliphatic heterocycles. The van der Waals surface area contributed by atoms with Crippen molar-refractivity contribution < 1.29 is 9.21 Å². The molecule has 0 saturated heterocycles. The Hall–Kier alpha value is -1.29. The van der Waals surface area contributed by atoms with E-state index in [-0.39, 0.29) is 11.9 Å². The summed E-state index contributed by atoms with van der Waals surface area (Å²) < 4.78 is 4.98. The second-order valence-electron chi connectivity index (χ2n) is 4.00. The molecule has 4 nitrogen and oxygen atoms in total. The Labute approximate surface area is 89.0 Å². The van der Waals surface area contributed by atoms with E-state index in [0.717, 1.165) is 18.4 Å². The van der Waals surface area contributed by atoms with Gasteiger partial charge in [0.15, 0.2) is 0 Å². The van der Waals surface area contributed by atoms with Crippen molar-refractivity contribution in [1.29, 1.82) is 0 Å². The third-order valence-corrected chi connectivity index (χ3v) is 2.55. The Balaban J connectivity index is 1.70. The van der Waals surface area contributed by atoms with Crippen LogP contribution in [0.1, 0.15) is 31.4 Å². The van der Waals surface area contributed by atoms with Crippen LogP contribution >= 0.6 is 0 Å². The Morgan fingerprint density at radius 1 is 1.67 bits per heavy atom. The zero-order chi connectivity index (χ0) is 10.7. The lowest BCUT2D eigenvalue weighted by atomic mass is 10.2. The molecule has 0 spiro atoms. The number of amides is 1. The van der Waals surface area contributed by atoms with Gasteiger partial charge in [0.05, 0.1) is 19.1 Å².